The summed E-state index contributed by atoms with van der Waals surface area (Å²) in [5.74, 6) is 0. The molecule has 2 aromatic rings. The smallest absolute Gasteiger partial charge is 0.120 e. The SMILES string of the molecule is c1ccc(CC2=NN[C@@H](c3ccccc3)S2)cc1. The van der Waals surface area contributed by atoms with Crippen molar-refractivity contribution in [3.05, 3.63) is 71.8 Å². The summed E-state index contributed by atoms with van der Waals surface area (Å²) in [5, 5.41) is 5.82. The first-order valence-electron chi connectivity index (χ1n) is 5.99. The number of nitrogens with one attached hydrogen (secondary N) is 1. The van der Waals surface area contributed by atoms with E-state index >= 15 is 0 Å². The fraction of sp³-hybridized carbons (Fsp3) is 0.133. The molecule has 0 amide bonds. The molecule has 3 heteroatoms. The van der Waals surface area contributed by atoms with Gasteiger partial charge in [0.15, 0.2) is 0 Å². The Morgan fingerprint density at radius 3 is 2.33 bits per heavy atom. The van der Waals surface area contributed by atoms with Crippen LogP contribution in [0.1, 0.15) is 16.5 Å². The number of benzene rings is 2. The summed E-state index contributed by atoms with van der Waals surface area (Å²) in [6.07, 6.45) is 0.905. The predicted octanol–water partition coefficient (Wildman–Crippen LogP) is 3.58. The highest BCUT2D eigenvalue weighted by atomic mass is 32.2. The van der Waals surface area contributed by atoms with Crippen molar-refractivity contribution in [2.24, 2.45) is 5.10 Å². The highest BCUT2D eigenvalue weighted by molar-refractivity contribution is 8.14. The Kier molecular flexibility index (Phi) is 3.33. The lowest BCUT2D eigenvalue weighted by Gasteiger charge is -2.08. The second-order valence-electron chi connectivity index (χ2n) is 4.21. The first-order valence-corrected chi connectivity index (χ1v) is 6.87. The zero-order valence-corrected chi connectivity index (χ0v) is 10.7. The van der Waals surface area contributed by atoms with Gasteiger partial charge < -0.3 is 0 Å². The molecule has 1 heterocycles. The monoisotopic (exact) mass is 254 g/mol. The van der Waals surface area contributed by atoms with Crippen molar-refractivity contribution in [3.63, 3.8) is 0 Å². The van der Waals surface area contributed by atoms with Gasteiger partial charge in [0.2, 0.25) is 0 Å². The van der Waals surface area contributed by atoms with Gasteiger partial charge in [0, 0.05) is 6.42 Å². The molecule has 0 aromatic heterocycles. The van der Waals surface area contributed by atoms with Crippen molar-refractivity contribution in [3.8, 4) is 0 Å². The summed E-state index contributed by atoms with van der Waals surface area (Å²) in [7, 11) is 0. The molecule has 90 valence electrons. The van der Waals surface area contributed by atoms with Gasteiger partial charge in [0.05, 0.1) is 5.04 Å². The third kappa shape index (κ3) is 2.57. The molecule has 0 aliphatic carbocycles. The van der Waals surface area contributed by atoms with E-state index in [2.05, 4.69) is 59.1 Å². The van der Waals surface area contributed by atoms with Crippen LogP contribution in [-0.4, -0.2) is 5.04 Å². The van der Waals surface area contributed by atoms with Crippen LogP contribution in [0.5, 0.6) is 0 Å². The molecule has 1 aliphatic heterocycles. The van der Waals surface area contributed by atoms with Crippen LogP contribution in [0, 0.1) is 0 Å². The van der Waals surface area contributed by atoms with Gasteiger partial charge in [-0.2, -0.15) is 5.10 Å². The first-order chi connectivity index (χ1) is 8.92. The van der Waals surface area contributed by atoms with Crippen molar-refractivity contribution < 1.29 is 0 Å². The molecule has 0 saturated carbocycles. The summed E-state index contributed by atoms with van der Waals surface area (Å²) in [5.41, 5.74) is 5.77. The molecule has 0 bridgehead atoms. The Balaban J connectivity index is 1.65. The molecule has 18 heavy (non-hydrogen) atoms. The van der Waals surface area contributed by atoms with Gasteiger partial charge in [0.25, 0.3) is 0 Å². The van der Waals surface area contributed by atoms with E-state index in [-0.39, 0.29) is 5.37 Å². The van der Waals surface area contributed by atoms with E-state index in [1.165, 1.54) is 11.1 Å². The normalized spacial score (nSPS) is 18.2. The van der Waals surface area contributed by atoms with E-state index in [1.54, 1.807) is 11.8 Å². The molecular weight excluding hydrogens is 240 g/mol. The van der Waals surface area contributed by atoms with Gasteiger partial charge in [-0.05, 0) is 11.1 Å². The molecule has 0 spiro atoms. The standard InChI is InChI=1S/C15H14N2S/c1-3-7-12(8-4-1)11-14-16-17-15(18-14)13-9-5-2-6-10-13/h1-10,15,17H,11H2/t15-/m1/s1. The van der Waals surface area contributed by atoms with Crippen molar-refractivity contribution in [1.82, 2.24) is 5.43 Å². The van der Waals surface area contributed by atoms with Gasteiger partial charge in [0.1, 0.15) is 5.37 Å². The Hall–Kier alpha value is -1.74. The molecule has 2 aromatic carbocycles. The summed E-state index contributed by atoms with van der Waals surface area (Å²) in [6, 6.07) is 20.9. The maximum atomic E-state index is 4.42. The van der Waals surface area contributed by atoms with Crippen LogP contribution < -0.4 is 5.43 Å². The van der Waals surface area contributed by atoms with Crippen LogP contribution in [0.2, 0.25) is 0 Å². The molecule has 0 saturated heterocycles. The fourth-order valence-electron chi connectivity index (χ4n) is 1.94. The second-order valence-corrected chi connectivity index (χ2v) is 5.38. The topological polar surface area (TPSA) is 24.4 Å². The Morgan fingerprint density at radius 2 is 1.61 bits per heavy atom. The van der Waals surface area contributed by atoms with Gasteiger partial charge in [-0.15, -0.1) is 0 Å². The zero-order valence-electron chi connectivity index (χ0n) is 9.91. The van der Waals surface area contributed by atoms with Gasteiger partial charge in [-0.3, -0.25) is 5.43 Å². The predicted molar refractivity (Wildman–Crippen MR) is 77.5 cm³/mol. The molecule has 0 fully saturated rings. The molecular formula is C15H14N2S. The first kappa shape index (κ1) is 11.4. The quantitative estimate of drug-likeness (QED) is 0.905. The zero-order chi connectivity index (χ0) is 12.2. The van der Waals surface area contributed by atoms with E-state index in [9.17, 15) is 0 Å². The Morgan fingerprint density at radius 1 is 0.944 bits per heavy atom. The number of hydrogen-bond acceptors (Lipinski definition) is 3. The van der Waals surface area contributed by atoms with E-state index < -0.39 is 0 Å². The van der Waals surface area contributed by atoms with Crippen LogP contribution >= 0.6 is 11.8 Å². The van der Waals surface area contributed by atoms with Crippen LogP contribution in [0.25, 0.3) is 0 Å². The molecule has 3 rings (SSSR count). The average molecular weight is 254 g/mol. The molecule has 1 atom stereocenters. The molecule has 0 radical (unpaired) electrons. The van der Waals surface area contributed by atoms with Crippen molar-refractivity contribution in [2.45, 2.75) is 11.8 Å². The van der Waals surface area contributed by atoms with E-state index in [4.69, 9.17) is 0 Å². The minimum atomic E-state index is 0.255. The highest BCUT2D eigenvalue weighted by Crippen LogP contribution is 2.32. The van der Waals surface area contributed by atoms with Gasteiger partial charge >= 0.3 is 0 Å². The Labute approximate surface area is 111 Å². The van der Waals surface area contributed by atoms with Crippen molar-refractivity contribution >= 4 is 16.8 Å². The maximum Gasteiger partial charge on any atom is 0.120 e. The second kappa shape index (κ2) is 5.27. The minimum Gasteiger partial charge on any atom is -0.291 e. The van der Waals surface area contributed by atoms with Crippen LogP contribution in [0.15, 0.2) is 65.8 Å². The van der Waals surface area contributed by atoms with Crippen LogP contribution in [0.4, 0.5) is 0 Å². The number of rotatable bonds is 3. The average Bonchev–Trinajstić information content (AvgIpc) is 2.89. The third-order valence-electron chi connectivity index (χ3n) is 2.86. The molecule has 1 aliphatic rings. The van der Waals surface area contributed by atoms with E-state index in [0.717, 1.165) is 11.5 Å². The fourth-order valence-corrected chi connectivity index (χ4v) is 2.97. The molecule has 2 nitrogen and oxygen atoms in total. The lowest BCUT2D eigenvalue weighted by Crippen LogP contribution is -2.05. The maximum absolute atomic E-state index is 4.42. The van der Waals surface area contributed by atoms with Gasteiger partial charge in [-0.25, -0.2) is 0 Å². The van der Waals surface area contributed by atoms with E-state index in [0.29, 0.717) is 0 Å². The van der Waals surface area contributed by atoms with Crippen molar-refractivity contribution in [2.75, 3.05) is 0 Å². The summed E-state index contributed by atoms with van der Waals surface area (Å²) in [4.78, 5) is 0. The van der Waals surface area contributed by atoms with Crippen LogP contribution in [-0.2, 0) is 6.42 Å². The number of nitrogens with zero attached hydrogens (tertiary/aromatic N) is 1. The highest BCUT2D eigenvalue weighted by Gasteiger charge is 2.20. The number of thioether (sulfide) groups is 1. The third-order valence-corrected chi connectivity index (χ3v) is 3.98. The summed E-state index contributed by atoms with van der Waals surface area (Å²) in [6.45, 7) is 0. The van der Waals surface area contributed by atoms with Crippen molar-refractivity contribution in [1.29, 1.82) is 0 Å². The minimum absolute atomic E-state index is 0.255. The van der Waals surface area contributed by atoms with E-state index in [1.807, 2.05) is 12.1 Å². The number of hydrogen-bond donors (Lipinski definition) is 1. The summed E-state index contributed by atoms with van der Waals surface area (Å²) < 4.78 is 0. The molecule has 0 unspecified atom stereocenters. The largest absolute Gasteiger partial charge is 0.291 e. The lowest BCUT2D eigenvalue weighted by molar-refractivity contribution is 0.742. The van der Waals surface area contributed by atoms with Gasteiger partial charge in [-0.1, -0.05) is 72.4 Å². The Bertz CT molecular complexity index is 537. The van der Waals surface area contributed by atoms with Crippen LogP contribution in [0.3, 0.4) is 0 Å². The summed E-state index contributed by atoms with van der Waals surface area (Å²) >= 11 is 1.80. The number of hydrazone groups is 1. The molecule has 1 N–H and O–H groups in total. The lowest BCUT2D eigenvalue weighted by atomic mass is 10.2.